The Bertz CT molecular complexity index is 818. The highest BCUT2D eigenvalue weighted by atomic mass is 19.2. The van der Waals surface area contributed by atoms with Crippen molar-refractivity contribution in [2.45, 2.75) is 0 Å². The van der Waals surface area contributed by atoms with E-state index in [1.54, 1.807) is 12.1 Å². The van der Waals surface area contributed by atoms with Crippen LogP contribution in [0.1, 0.15) is 0 Å². The van der Waals surface area contributed by atoms with Crippen molar-refractivity contribution < 1.29 is 18.3 Å². The first kappa shape index (κ1) is 14.1. The Labute approximate surface area is 124 Å². The number of phenolic OH excluding ortho intramolecular Hbond substituents is 1. The van der Waals surface area contributed by atoms with Crippen LogP contribution in [0, 0.1) is 17.5 Å². The van der Waals surface area contributed by atoms with E-state index in [0.29, 0.717) is 0 Å². The molecule has 0 amide bonds. The van der Waals surface area contributed by atoms with Gasteiger partial charge in [0.15, 0.2) is 11.6 Å². The summed E-state index contributed by atoms with van der Waals surface area (Å²) in [5.74, 6) is -3.39. The van der Waals surface area contributed by atoms with E-state index in [4.69, 9.17) is 0 Å². The quantitative estimate of drug-likeness (QED) is 0.705. The van der Waals surface area contributed by atoms with Gasteiger partial charge in [-0.2, -0.15) is 0 Å². The van der Waals surface area contributed by atoms with Crippen LogP contribution in [-0.4, -0.2) is 10.1 Å². The van der Waals surface area contributed by atoms with Crippen molar-refractivity contribution in [2.75, 3.05) is 0 Å². The Balaban J connectivity index is 2.19. The number of benzene rings is 2. The Morgan fingerprint density at radius 3 is 2.23 bits per heavy atom. The Kier molecular flexibility index (Phi) is 3.55. The van der Waals surface area contributed by atoms with Crippen LogP contribution < -0.4 is 0 Å². The predicted molar refractivity (Wildman–Crippen MR) is 76.6 cm³/mol. The molecule has 0 atom stereocenters. The molecule has 0 aliphatic carbocycles. The molecule has 2 aromatic carbocycles. The summed E-state index contributed by atoms with van der Waals surface area (Å²) in [6.07, 6.45) is 1.42. The topological polar surface area (TPSA) is 33.1 Å². The van der Waals surface area contributed by atoms with E-state index < -0.39 is 23.0 Å². The molecule has 3 rings (SSSR count). The molecule has 0 unspecified atom stereocenters. The van der Waals surface area contributed by atoms with Crippen molar-refractivity contribution in [3.8, 4) is 28.1 Å². The summed E-state index contributed by atoms with van der Waals surface area (Å²) in [6, 6.07) is 10.8. The number of phenols is 1. The second-order valence-corrected chi connectivity index (χ2v) is 4.67. The van der Waals surface area contributed by atoms with Crippen molar-refractivity contribution in [1.82, 2.24) is 4.98 Å². The molecule has 5 heteroatoms. The van der Waals surface area contributed by atoms with E-state index in [0.717, 1.165) is 6.07 Å². The minimum Gasteiger partial charge on any atom is -0.508 e. The average molecular weight is 301 g/mol. The molecule has 0 radical (unpaired) electrons. The predicted octanol–water partition coefficient (Wildman–Crippen LogP) is 4.54. The molecule has 0 aliphatic rings. The van der Waals surface area contributed by atoms with Gasteiger partial charge >= 0.3 is 0 Å². The third-order valence-electron chi connectivity index (χ3n) is 3.26. The second kappa shape index (κ2) is 5.52. The zero-order valence-electron chi connectivity index (χ0n) is 11.2. The molecule has 3 aromatic rings. The minimum absolute atomic E-state index is 0.0462. The van der Waals surface area contributed by atoms with Crippen molar-refractivity contribution in [2.24, 2.45) is 0 Å². The summed E-state index contributed by atoms with van der Waals surface area (Å²) in [6.45, 7) is 0. The van der Waals surface area contributed by atoms with Gasteiger partial charge in [-0.15, -0.1) is 0 Å². The third kappa shape index (κ3) is 2.41. The highest BCUT2D eigenvalue weighted by molar-refractivity contribution is 5.71. The lowest BCUT2D eigenvalue weighted by molar-refractivity contribution is 0.475. The van der Waals surface area contributed by atoms with Crippen LogP contribution in [0.4, 0.5) is 13.2 Å². The maximum Gasteiger partial charge on any atom is 0.170 e. The van der Waals surface area contributed by atoms with Crippen LogP contribution in [0.25, 0.3) is 22.4 Å². The van der Waals surface area contributed by atoms with E-state index in [1.807, 2.05) is 0 Å². The van der Waals surface area contributed by atoms with E-state index in [2.05, 4.69) is 4.98 Å². The summed E-state index contributed by atoms with van der Waals surface area (Å²) in [4.78, 5) is 3.90. The Morgan fingerprint density at radius 1 is 0.864 bits per heavy atom. The molecule has 1 aromatic heterocycles. The lowest BCUT2D eigenvalue weighted by atomic mass is 10.00. The van der Waals surface area contributed by atoms with E-state index in [1.165, 1.54) is 36.5 Å². The summed E-state index contributed by atoms with van der Waals surface area (Å²) >= 11 is 0. The number of aromatic nitrogens is 1. The number of rotatable bonds is 2. The molecule has 0 saturated heterocycles. The van der Waals surface area contributed by atoms with Crippen molar-refractivity contribution in [3.63, 3.8) is 0 Å². The largest absolute Gasteiger partial charge is 0.508 e. The normalized spacial score (nSPS) is 10.7. The highest BCUT2D eigenvalue weighted by Crippen LogP contribution is 2.33. The molecule has 0 aliphatic heterocycles. The average Bonchev–Trinajstić information content (AvgIpc) is 2.53. The number of nitrogens with zero attached hydrogens (tertiary/aromatic N) is 1. The zero-order chi connectivity index (χ0) is 15.7. The van der Waals surface area contributed by atoms with Crippen molar-refractivity contribution in [1.29, 1.82) is 0 Å². The number of hydrogen-bond donors (Lipinski definition) is 1. The maximum absolute atomic E-state index is 14.3. The SMILES string of the molecule is Oc1ccc(-c2c(F)cc(-c3ccccn3)c(F)c2F)cc1. The maximum atomic E-state index is 14.3. The number of hydrogen-bond acceptors (Lipinski definition) is 2. The van der Waals surface area contributed by atoms with Crippen LogP contribution in [0.3, 0.4) is 0 Å². The zero-order valence-corrected chi connectivity index (χ0v) is 11.2. The van der Waals surface area contributed by atoms with Gasteiger partial charge in [-0.05, 0) is 35.9 Å². The molecule has 0 fully saturated rings. The monoisotopic (exact) mass is 301 g/mol. The first-order chi connectivity index (χ1) is 10.6. The number of aromatic hydroxyl groups is 1. The molecule has 2 nitrogen and oxygen atoms in total. The third-order valence-corrected chi connectivity index (χ3v) is 3.26. The molecule has 110 valence electrons. The van der Waals surface area contributed by atoms with Gasteiger partial charge in [0.25, 0.3) is 0 Å². The van der Waals surface area contributed by atoms with Crippen LogP contribution in [-0.2, 0) is 0 Å². The smallest absolute Gasteiger partial charge is 0.170 e. The molecule has 0 saturated carbocycles. The van der Waals surface area contributed by atoms with Crippen molar-refractivity contribution in [3.05, 3.63) is 72.2 Å². The van der Waals surface area contributed by atoms with E-state index >= 15 is 0 Å². The lowest BCUT2D eigenvalue weighted by Gasteiger charge is -2.10. The molecular formula is C17H10F3NO. The van der Waals surface area contributed by atoms with Gasteiger partial charge in [-0.1, -0.05) is 18.2 Å². The fraction of sp³-hybridized carbons (Fsp3) is 0. The number of pyridine rings is 1. The van der Waals surface area contributed by atoms with Gasteiger partial charge < -0.3 is 5.11 Å². The van der Waals surface area contributed by atoms with Crippen LogP contribution in [0.15, 0.2) is 54.7 Å². The molecule has 1 heterocycles. The summed E-state index contributed by atoms with van der Waals surface area (Å²) < 4.78 is 42.8. The van der Waals surface area contributed by atoms with E-state index in [-0.39, 0.29) is 22.6 Å². The lowest BCUT2D eigenvalue weighted by Crippen LogP contribution is -1.99. The fourth-order valence-electron chi connectivity index (χ4n) is 2.20. The number of halogens is 3. The van der Waals surface area contributed by atoms with Crippen LogP contribution in [0.2, 0.25) is 0 Å². The van der Waals surface area contributed by atoms with Crippen LogP contribution in [0.5, 0.6) is 5.75 Å². The van der Waals surface area contributed by atoms with Crippen LogP contribution >= 0.6 is 0 Å². The van der Waals surface area contributed by atoms with Crippen molar-refractivity contribution >= 4 is 0 Å². The summed E-state index contributed by atoms with van der Waals surface area (Å²) in [7, 11) is 0. The molecule has 0 bridgehead atoms. The minimum atomic E-state index is -1.29. The first-order valence-electron chi connectivity index (χ1n) is 6.46. The summed E-state index contributed by atoms with van der Waals surface area (Å²) in [5.41, 5.74) is -0.426. The highest BCUT2D eigenvalue weighted by Gasteiger charge is 2.21. The van der Waals surface area contributed by atoms with E-state index in [9.17, 15) is 18.3 Å². The van der Waals surface area contributed by atoms with Gasteiger partial charge in [0.05, 0.1) is 11.3 Å². The molecular weight excluding hydrogens is 291 g/mol. The molecule has 0 spiro atoms. The molecule has 1 N–H and O–H groups in total. The Hall–Kier alpha value is -2.82. The standard InChI is InChI=1S/C17H10F3NO/c18-13-9-12(14-3-1-2-8-21-14)16(19)17(20)15(13)10-4-6-11(22)7-5-10/h1-9,22H. The first-order valence-corrected chi connectivity index (χ1v) is 6.46. The Morgan fingerprint density at radius 2 is 1.59 bits per heavy atom. The van der Waals surface area contributed by atoms with Gasteiger partial charge in [-0.3, -0.25) is 4.98 Å². The summed E-state index contributed by atoms with van der Waals surface area (Å²) in [5, 5.41) is 9.22. The van der Waals surface area contributed by atoms with Gasteiger partial charge in [0.2, 0.25) is 0 Å². The van der Waals surface area contributed by atoms with Gasteiger partial charge in [0, 0.05) is 11.8 Å². The molecule has 22 heavy (non-hydrogen) atoms. The van der Waals surface area contributed by atoms with Gasteiger partial charge in [-0.25, -0.2) is 13.2 Å². The van der Waals surface area contributed by atoms with Gasteiger partial charge in [0.1, 0.15) is 11.6 Å². The fourth-order valence-corrected chi connectivity index (χ4v) is 2.20. The second-order valence-electron chi connectivity index (χ2n) is 4.67.